The van der Waals surface area contributed by atoms with Crippen molar-refractivity contribution in [3.63, 3.8) is 0 Å². The molecule has 8 nitrogen and oxygen atoms in total. The minimum atomic E-state index is -0.472. The molecule has 3 aromatic heterocycles. The van der Waals surface area contributed by atoms with Crippen LogP contribution in [0.15, 0.2) is 18.6 Å². The van der Waals surface area contributed by atoms with Crippen molar-refractivity contribution in [3.8, 4) is 11.4 Å². The fourth-order valence-electron chi connectivity index (χ4n) is 3.99. The van der Waals surface area contributed by atoms with Crippen molar-refractivity contribution in [3.05, 3.63) is 39.9 Å². The standard InChI is InChI=1S/C21H26FN7OS/c1-13-9-25-28(4)19(13)18-17(22)11-24-21(26-18)29-7-5-15(6-8-29)20(30)27(3)12-16-10-23-14(2)31-16/h9-11,15H,5-8,12H2,1-4H3. The Balaban J connectivity index is 1.42. The molecule has 10 heteroatoms. The van der Waals surface area contributed by atoms with E-state index in [9.17, 15) is 9.18 Å². The average Bonchev–Trinajstić information content (AvgIpc) is 3.32. The van der Waals surface area contributed by atoms with E-state index in [1.165, 1.54) is 6.20 Å². The van der Waals surface area contributed by atoms with Crippen LogP contribution >= 0.6 is 11.3 Å². The van der Waals surface area contributed by atoms with E-state index in [-0.39, 0.29) is 17.5 Å². The Morgan fingerprint density at radius 3 is 2.58 bits per heavy atom. The van der Waals surface area contributed by atoms with Crippen LogP contribution in [0.2, 0.25) is 0 Å². The molecule has 0 bridgehead atoms. The number of nitrogens with zero attached hydrogens (tertiary/aromatic N) is 7. The van der Waals surface area contributed by atoms with Crippen LogP contribution in [-0.4, -0.2) is 55.7 Å². The Kier molecular flexibility index (Phi) is 5.99. The van der Waals surface area contributed by atoms with E-state index in [4.69, 9.17) is 0 Å². The number of hydrogen-bond donors (Lipinski definition) is 0. The maximum atomic E-state index is 14.5. The van der Waals surface area contributed by atoms with Crippen molar-refractivity contribution in [2.75, 3.05) is 25.0 Å². The molecule has 1 amide bonds. The van der Waals surface area contributed by atoms with E-state index in [0.29, 0.717) is 44.1 Å². The summed E-state index contributed by atoms with van der Waals surface area (Å²) in [4.78, 5) is 30.7. The number of aryl methyl sites for hydroxylation is 3. The SMILES string of the molecule is Cc1ncc(CN(C)C(=O)C2CCN(c3ncc(F)c(-c4c(C)cnn4C)n3)CC2)s1. The lowest BCUT2D eigenvalue weighted by Gasteiger charge is -2.33. The topological polar surface area (TPSA) is 80.0 Å². The molecule has 0 N–H and O–H groups in total. The number of anilines is 1. The van der Waals surface area contributed by atoms with Crippen molar-refractivity contribution < 1.29 is 9.18 Å². The molecule has 0 unspecified atom stereocenters. The molecular formula is C21H26FN7OS. The second-order valence-electron chi connectivity index (χ2n) is 7.97. The zero-order valence-electron chi connectivity index (χ0n) is 18.2. The summed E-state index contributed by atoms with van der Waals surface area (Å²) in [6, 6.07) is 0. The summed E-state index contributed by atoms with van der Waals surface area (Å²) < 4.78 is 16.1. The minimum Gasteiger partial charge on any atom is -0.341 e. The maximum Gasteiger partial charge on any atom is 0.226 e. The number of carbonyl (C=O) groups is 1. The largest absolute Gasteiger partial charge is 0.341 e. The monoisotopic (exact) mass is 443 g/mol. The number of amides is 1. The molecule has 0 radical (unpaired) electrons. The highest BCUT2D eigenvalue weighted by Crippen LogP contribution is 2.27. The Bertz CT molecular complexity index is 1070. The number of piperidine rings is 1. The highest BCUT2D eigenvalue weighted by molar-refractivity contribution is 7.11. The lowest BCUT2D eigenvalue weighted by Crippen LogP contribution is -2.41. The van der Waals surface area contributed by atoms with Gasteiger partial charge in [-0.1, -0.05) is 0 Å². The first-order chi connectivity index (χ1) is 14.8. The summed E-state index contributed by atoms with van der Waals surface area (Å²) in [5, 5.41) is 5.19. The second kappa shape index (κ2) is 8.70. The van der Waals surface area contributed by atoms with Crippen LogP contribution in [-0.2, 0) is 18.4 Å². The molecular weight excluding hydrogens is 417 g/mol. The van der Waals surface area contributed by atoms with Crippen molar-refractivity contribution in [2.24, 2.45) is 13.0 Å². The first-order valence-electron chi connectivity index (χ1n) is 10.3. The van der Waals surface area contributed by atoms with Crippen LogP contribution in [0.1, 0.15) is 28.3 Å². The van der Waals surface area contributed by atoms with E-state index in [2.05, 4.69) is 20.1 Å². The normalized spacial score (nSPS) is 14.8. The van der Waals surface area contributed by atoms with Crippen LogP contribution in [0.5, 0.6) is 0 Å². The quantitative estimate of drug-likeness (QED) is 0.603. The van der Waals surface area contributed by atoms with Gasteiger partial charge in [-0.3, -0.25) is 9.48 Å². The number of halogens is 1. The molecule has 0 spiro atoms. The van der Waals surface area contributed by atoms with E-state index in [1.807, 2.05) is 32.0 Å². The van der Waals surface area contributed by atoms with Gasteiger partial charge in [-0.2, -0.15) is 5.10 Å². The van der Waals surface area contributed by atoms with Crippen molar-refractivity contribution in [2.45, 2.75) is 33.2 Å². The van der Waals surface area contributed by atoms with E-state index < -0.39 is 5.82 Å². The zero-order valence-corrected chi connectivity index (χ0v) is 19.0. The highest BCUT2D eigenvalue weighted by Gasteiger charge is 2.29. The Morgan fingerprint density at radius 1 is 1.23 bits per heavy atom. The summed E-state index contributed by atoms with van der Waals surface area (Å²) in [6.45, 7) is 5.73. The van der Waals surface area contributed by atoms with Gasteiger partial charge < -0.3 is 9.80 Å². The lowest BCUT2D eigenvalue weighted by atomic mass is 9.95. The molecule has 1 aliphatic rings. The molecule has 164 valence electrons. The number of thiazole rings is 1. The molecule has 4 heterocycles. The second-order valence-corrected chi connectivity index (χ2v) is 9.29. The van der Waals surface area contributed by atoms with Gasteiger partial charge in [0.05, 0.1) is 29.6 Å². The molecule has 1 fully saturated rings. The van der Waals surface area contributed by atoms with Crippen molar-refractivity contribution in [1.82, 2.24) is 29.6 Å². The molecule has 0 aliphatic carbocycles. The third-order valence-electron chi connectivity index (χ3n) is 5.64. The van der Waals surface area contributed by atoms with Gasteiger partial charge in [0, 0.05) is 44.2 Å². The predicted octanol–water partition coefficient (Wildman–Crippen LogP) is 2.96. The Hall–Kier alpha value is -2.88. The first kappa shape index (κ1) is 21.4. The van der Waals surface area contributed by atoms with Gasteiger partial charge in [0.15, 0.2) is 5.82 Å². The van der Waals surface area contributed by atoms with E-state index in [1.54, 1.807) is 34.2 Å². The Morgan fingerprint density at radius 2 is 1.97 bits per heavy atom. The fourth-order valence-corrected chi connectivity index (χ4v) is 4.84. The number of hydrogen-bond acceptors (Lipinski definition) is 7. The molecule has 0 saturated carbocycles. The minimum absolute atomic E-state index is 0.0329. The fraction of sp³-hybridized carbons (Fsp3) is 0.476. The van der Waals surface area contributed by atoms with Gasteiger partial charge in [-0.25, -0.2) is 19.3 Å². The molecule has 3 aromatic rings. The van der Waals surface area contributed by atoms with Crippen LogP contribution in [0.25, 0.3) is 11.4 Å². The highest BCUT2D eigenvalue weighted by atomic mass is 32.1. The van der Waals surface area contributed by atoms with Gasteiger partial charge >= 0.3 is 0 Å². The molecule has 0 atom stereocenters. The summed E-state index contributed by atoms with van der Waals surface area (Å²) in [5.41, 5.74) is 1.75. The van der Waals surface area contributed by atoms with Gasteiger partial charge in [-0.15, -0.1) is 11.3 Å². The van der Waals surface area contributed by atoms with Crippen LogP contribution in [0.3, 0.4) is 0 Å². The number of rotatable bonds is 5. The molecule has 0 aromatic carbocycles. The van der Waals surface area contributed by atoms with E-state index >= 15 is 0 Å². The smallest absolute Gasteiger partial charge is 0.226 e. The van der Waals surface area contributed by atoms with Crippen LogP contribution < -0.4 is 4.90 Å². The number of aromatic nitrogens is 5. The van der Waals surface area contributed by atoms with Gasteiger partial charge in [0.25, 0.3) is 0 Å². The van der Waals surface area contributed by atoms with Crippen molar-refractivity contribution >= 4 is 23.2 Å². The zero-order chi connectivity index (χ0) is 22.1. The molecule has 31 heavy (non-hydrogen) atoms. The number of carbonyl (C=O) groups excluding carboxylic acids is 1. The average molecular weight is 444 g/mol. The Labute approximate surface area is 184 Å². The summed E-state index contributed by atoms with van der Waals surface area (Å²) >= 11 is 1.61. The molecule has 1 aliphatic heterocycles. The predicted molar refractivity (Wildman–Crippen MR) is 117 cm³/mol. The third kappa shape index (κ3) is 4.43. The van der Waals surface area contributed by atoms with Crippen molar-refractivity contribution in [1.29, 1.82) is 0 Å². The van der Waals surface area contributed by atoms with Gasteiger partial charge in [0.2, 0.25) is 11.9 Å². The van der Waals surface area contributed by atoms with E-state index in [0.717, 1.165) is 15.4 Å². The van der Waals surface area contributed by atoms with Crippen LogP contribution in [0, 0.1) is 25.6 Å². The van der Waals surface area contributed by atoms with Gasteiger partial charge in [0.1, 0.15) is 5.69 Å². The van der Waals surface area contributed by atoms with Crippen LogP contribution in [0.4, 0.5) is 10.3 Å². The first-order valence-corrected chi connectivity index (χ1v) is 11.1. The van der Waals surface area contributed by atoms with Gasteiger partial charge in [-0.05, 0) is 32.3 Å². The lowest BCUT2D eigenvalue weighted by molar-refractivity contribution is -0.135. The summed E-state index contributed by atoms with van der Waals surface area (Å²) in [7, 11) is 3.61. The third-order valence-corrected chi connectivity index (χ3v) is 6.54. The molecule has 4 rings (SSSR count). The summed E-state index contributed by atoms with van der Waals surface area (Å²) in [6.07, 6.45) is 6.17. The summed E-state index contributed by atoms with van der Waals surface area (Å²) in [5.74, 6) is 0.128. The molecule has 1 saturated heterocycles. The maximum absolute atomic E-state index is 14.5.